The third-order valence-corrected chi connectivity index (χ3v) is 5.19. The van der Waals surface area contributed by atoms with Gasteiger partial charge in [-0.05, 0) is 68.1 Å². The first-order chi connectivity index (χ1) is 12.4. The first-order valence-corrected chi connectivity index (χ1v) is 9.07. The van der Waals surface area contributed by atoms with Crippen molar-refractivity contribution in [3.63, 3.8) is 0 Å². The van der Waals surface area contributed by atoms with Gasteiger partial charge in [-0.2, -0.15) is 0 Å². The van der Waals surface area contributed by atoms with E-state index in [0.29, 0.717) is 10.9 Å². The number of thiazole rings is 1. The lowest BCUT2D eigenvalue weighted by atomic mass is 10.1. The maximum Gasteiger partial charge on any atom is 0.262 e. The van der Waals surface area contributed by atoms with Gasteiger partial charge in [0.2, 0.25) is 0 Å². The molecule has 136 valence electrons. The van der Waals surface area contributed by atoms with Crippen LogP contribution in [0.15, 0.2) is 24.3 Å². The fourth-order valence-electron chi connectivity index (χ4n) is 2.98. The Morgan fingerprint density at radius 3 is 2.50 bits per heavy atom. The average molecular weight is 370 g/mol. The van der Waals surface area contributed by atoms with E-state index in [9.17, 15) is 4.79 Å². The number of anilines is 2. The van der Waals surface area contributed by atoms with E-state index >= 15 is 0 Å². The number of ether oxygens (including phenoxy) is 1. The highest BCUT2D eigenvalue weighted by Crippen LogP contribution is 2.34. The fraction of sp³-hybridized carbons (Fsp3) is 0.263. The number of nitrogens with two attached hydrogens (primary N) is 1. The van der Waals surface area contributed by atoms with Gasteiger partial charge in [0.05, 0.1) is 10.2 Å². The first kappa shape index (κ1) is 18.2. The van der Waals surface area contributed by atoms with Crippen LogP contribution in [0.2, 0.25) is 0 Å². The highest BCUT2D eigenvalue weighted by atomic mass is 32.1. The molecule has 1 aromatic heterocycles. The maximum atomic E-state index is 12.4. The van der Waals surface area contributed by atoms with E-state index in [1.54, 1.807) is 0 Å². The van der Waals surface area contributed by atoms with Gasteiger partial charge in [-0.25, -0.2) is 10.8 Å². The largest absolute Gasteiger partial charge is 0.484 e. The predicted molar refractivity (Wildman–Crippen MR) is 107 cm³/mol. The van der Waals surface area contributed by atoms with Crippen LogP contribution in [0, 0.1) is 27.7 Å². The molecule has 7 heteroatoms. The van der Waals surface area contributed by atoms with Crippen molar-refractivity contribution in [1.82, 2.24) is 4.98 Å². The van der Waals surface area contributed by atoms with Crippen molar-refractivity contribution in [1.29, 1.82) is 0 Å². The summed E-state index contributed by atoms with van der Waals surface area (Å²) in [4.78, 5) is 16.8. The van der Waals surface area contributed by atoms with Gasteiger partial charge in [0.1, 0.15) is 5.75 Å². The lowest BCUT2D eigenvalue weighted by molar-refractivity contribution is -0.118. The Kier molecular flexibility index (Phi) is 5.11. The van der Waals surface area contributed by atoms with E-state index in [1.807, 2.05) is 45.9 Å². The van der Waals surface area contributed by atoms with E-state index in [2.05, 4.69) is 21.8 Å². The van der Waals surface area contributed by atoms with Gasteiger partial charge in [0, 0.05) is 5.69 Å². The summed E-state index contributed by atoms with van der Waals surface area (Å²) >= 11 is 1.46. The normalized spacial score (nSPS) is 10.8. The first-order valence-electron chi connectivity index (χ1n) is 8.25. The molecule has 0 radical (unpaired) electrons. The number of nitrogen functional groups attached to an aromatic ring is 1. The molecule has 0 spiro atoms. The molecule has 4 N–H and O–H groups in total. The molecule has 1 heterocycles. The number of hydrogen-bond acceptors (Lipinski definition) is 6. The van der Waals surface area contributed by atoms with Crippen molar-refractivity contribution in [3.8, 4) is 5.75 Å². The molecule has 0 aliphatic rings. The highest BCUT2D eigenvalue weighted by molar-refractivity contribution is 7.22. The van der Waals surface area contributed by atoms with E-state index in [-0.39, 0.29) is 12.5 Å². The van der Waals surface area contributed by atoms with Crippen LogP contribution in [0.5, 0.6) is 5.75 Å². The zero-order chi connectivity index (χ0) is 18.8. The van der Waals surface area contributed by atoms with Gasteiger partial charge in [-0.15, -0.1) is 0 Å². The molecule has 26 heavy (non-hydrogen) atoms. The minimum absolute atomic E-state index is 0.0435. The summed E-state index contributed by atoms with van der Waals surface area (Å²) in [6.07, 6.45) is 0. The minimum atomic E-state index is -0.198. The average Bonchev–Trinajstić information content (AvgIpc) is 2.99. The van der Waals surface area contributed by atoms with Gasteiger partial charge in [-0.1, -0.05) is 17.4 Å². The second kappa shape index (κ2) is 7.31. The Labute approximate surface area is 156 Å². The second-order valence-corrected chi connectivity index (χ2v) is 7.36. The number of carbonyl (C=O) groups excluding carboxylic acids is 1. The molecule has 0 saturated heterocycles. The summed E-state index contributed by atoms with van der Waals surface area (Å²) < 4.78 is 6.64. The molecule has 0 aliphatic heterocycles. The van der Waals surface area contributed by atoms with Crippen molar-refractivity contribution in [2.75, 3.05) is 17.3 Å². The number of hydrogen-bond donors (Lipinski definition) is 3. The molecule has 6 nitrogen and oxygen atoms in total. The Bertz CT molecular complexity index is 961. The molecular weight excluding hydrogens is 348 g/mol. The van der Waals surface area contributed by atoms with Gasteiger partial charge in [0.25, 0.3) is 5.91 Å². The summed E-state index contributed by atoms with van der Waals surface area (Å²) in [7, 11) is 0. The van der Waals surface area contributed by atoms with Crippen molar-refractivity contribution in [2.45, 2.75) is 27.7 Å². The van der Waals surface area contributed by atoms with Crippen molar-refractivity contribution in [3.05, 3.63) is 46.5 Å². The number of hydrazine groups is 1. The SMILES string of the molecule is Cc1cc(C)cc(OCC(=O)Nc2c(C)cc3nc(NN)sc3c2C)c1. The number of aryl methyl sites for hydroxylation is 4. The molecule has 3 aromatic rings. The smallest absolute Gasteiger partial charge is 0.262 e. The van der Waals surface area contributed by atoms with Crippen molar-refractivity contribution >= 4 is 38.3 Å². The highest BCUT2D eigenvalue weighted by Gasteiger charge is 2.14. The van der Waals surface area contributed by atoms with Crippen LogP contribution < -0.4 is 21.3 Å². The second-order valence-electron chi connectivity index (χ2n) is 6.37. The Balaban J connectivity index is 1.76. The van der Waals surface area contributed by atoms with E-state index < -0.39 is 0 Å². The molecule has 2 aromatic carbocycles. The van der Waals surface area contributed by atoms with Crippen LogP contribution in [0.4, 0.5) is 10.8 Å². The van der Waals surface area contributed by atoms with E-state index in [4.69, 9.17) is 10.6 Å². The lowest BCUT2D eigenvalue weighted by Gasteiger charge is -2.13. The van der Waals surface area contributed by atoms with Crippen LogP contribution in [-0.4, -0.2) is 17.5 Å². The van der Waals surface area contributed by atoms with Crippen LogP contribution in [0.25, 0.3) is 10.2 Å². The number of carbonyl (C=O) groups is 1. The number of nitrogens with one attached hydrogen (secondary N) is 2. The van der Waals surface area contributed by atoms with Gasteiger partial charge < -0.3 is 10.1 Å². The molecule has 0 bridgehead atoms. The number of amides is 1. The third-order valence-electron chi connectivity index (χ3n) is 4.07. The third kappa shape index (κ3) is 3.79. The van der Waals surface area contributed by atoms with Gasteiger partial charge >= 0.3 is 0 Å². The predicted octanol–water partition coefficient (Wildman–Crippen LogP) is 3.83. The molecule has 0 unspecified atom stereocenters. The maximum absolute atomic E-state index is 12.4. The van der Waals surface area contributed by atoms with Crippen molar-refractivity contribution in [2.24, 2.45) is 5.84 Å². The summed E-state index contributed by atoms with van der Waals surface area (Å²) in [5.74, 6) is 5.95. The topological polar surface area (TPSA) is 89.3 Å². The summed E-state index contributed by atoms with van der Waals surface area (Å²) in [6.45, 7) is 7.87. The summed E-state index contributed by atoms with van der Waals surface area (Å²) in [5, 5.41) is 3.60. The monoisotopic (exact) mass is 370 g/mol. The molecule has 0 fully saturated rings. The van der Waals surface area contributed by atoms with Crippen LogP contribution in [0.3, 0.4) is 0 Å². The van der Waals surface area contributed by atoms with Crippen molar-refractivity contribution < 1.29 is 9.53 Å². The van der Waals surface area contributed by atoms with Gasteiger partial charge in [-0.3, -0.25) is 10.2 Å². The zero-order valence-electron chi connectivity index (χ0n) is 15.3. The molecular formula is C19H22N4O2S. The Hall–Kier alpha value is -2.64. The summed E-state index contributed by atoms with van der Waals surface area (Å²) in [6, 6.07) is 7.84. The van der Waals surface area contributed by atoms with Crippen LogP contribution >= 0.6 is 11.3 Å². The molecule has 0 atom stereocenters. The standard InChI is InChI=1S/C19H22N4O2S/c1-10-5-11(2)7-14(6-10)25-9-16(24)22-17-12(3)8-15-18(13(17)4)26-19(21-15)23-20/h5-8H,9,20H2,1-4H3,(H,21,23)(H,22,24). The molecule has 0 aliphatic carbocycles. The quantitative estimate of drug-likeness (QED) is 0.469. The lowest BCUT2D eigenvalue weighted by Crippen LogP contribution is -2.21. The summed E-state index contributed by atoms with van der Waals surface area (Å²) in [5.41, 5.74) is 8.35. The molecule has 3 rings (SSSR count). The zero-order valence-corrected chi connectivity index (χ0v) is 16.1. The molecule has 0 saturated carbocycles. The van der Waals surface area contributed by atoms with E-state index in [1.165, 1.54) is 11.3 Å². The van der Waals surface area contributed by atoms with Crippen LogP contribution in [0.1, 0.15) is 22.3 Å². The fourth-order valence-corrected chi connectivity index (χ4v) is 3.84. The van der Waals surface area contributed by atoms with Crippen LogP contribution in [-0.2, 0) is 4.79 Å². The Morgan fingerprint density at radius 1 is 1.15 bits per heavy atom. The van der Waals surface area contributed by atoms with Gasteiger partial charge in [0.15, 0.2) is 11.7 Å². The number of benzene rings is 2. The number of rotatable bonds is 5. The number of fused-ring (bicyclic) bond motifs is 1. The van der Waals surface area contributed by atoms with E-state index in [0.717, 1.165) is 38.2 Å². The number of nitrogens with zero attached hydrogens (tertiary/aromatic N) is 1. The minimum Gasteiger partial charge on any atom is -0.484 e. The Morgan fingerprint density at radius 2 is 1.85 bits per heavy atom. The molecule has 1 amide bonds. The number of aromatic nitrogens is 1.